The summed E-state index contributed by atoms with van der Waals surface area (Å²) in [5, 5.41) is 4.64. The Morgan fingerprint density at radius 3 is 2.62 bits per heavy atom. The molecule has 0 amide bonds. The molecule has 0 spiro atoms. The molecule has 21 heavy (non-hydrogen) atoms. The number of nitrogens with one attached hydrogen (secondary N) is 1. The number of aryl methyl sites for hydroxylation is 1. The first-order valence-electron chi connectivity index (χ1n) is 7.60. The van der Waals surface area contributed by atoms with E-state index < -0.39 is 0 Å². The van der Waals surface area contributed by atoms with E-state index in [0.29, 0.717) is 0 Å². The number of pyridine rings is 1. The lowest BCUT2D eigenvalue weighted by molar-refractivity contribution is 0.410. The number of nitrogens with zero attached hydrogens (tertiary/aromatic N) is 1. The molecule has 3 rings (SSSR count). The molecule has 1 heterocycles. The smallest absolute Gasteiger partial charge is 0.145 e. The summed E-state index contributed by atoms with van der Waals surface area (Å²) in [6.45, 7) is 3.13. The summed E-state index contributed by atoms with van der Waals surface area (Å²) in [4.78, 5) is 4.86. The Bertz CT molecular complexity index is 668. The second-order valence-electron chi connectivity index (χ2n) is 5.39. The van der Waals surface area contributed by atoms with Crippen LogP contribution in [0.3, 0.4) is 0 Å². The van der Waals surface area contributed by atoms with E-state index in [-0.39, 0.29) is 0 Å². The van der Waals surface area contributed by atoms with Gasteiger partial charge in [-0.1, -0.05) is 6.92 Å². The highest BCUT2D eigenvalue weighted by Gasteiger charge is 2.23. The second-order valence-corrected chi connectivity index (χ2v) is 5.39. The van der Waals surface area contributed by atoms with Crippen LogP contribution >= 0.6 is 0 Å². The molecule has 0 saturated heterocycles. The van der Waals surface area contributed by atoms with Crippen LogP contribution in [0.25, 0.3) is 10.9 Å². The van der Waals surface area contributed by atoms with Gasteiger partial charge in [0.2, 0.25) is 0 Å². The quantitative estimate of drug-likeness (QED) is 0.912. The molecule has 0 saturated carbocycles. The number of fused-ring (bicyclic) bond motifs is 2. The second kappa shape index (κ2) is 5.80. The molecule has 1 aliphatic carbocycles. The van der Waals surface area contributed by atoms with Crippen LogP contribution in [0.15, 0.2) is 12.1 Å². The van der Waals surface area contributed by atoms with Gasteiger partial charge in [-0.05, 0) is 43.4 Å². The molecule has 1 N–H and O–H groups in total. The summed E-state index contributed by atoms with van der Waals surface area (Å²) in [6, 6.07) is 3.89. The maximum atomic E-state index is 5.57. The first-order chi connectivity index (χ1) is 10.3. The Morgan fingerprint density at radius 1 is 1.14 bits per heavy atom. The number of ether oxygens (including phenoxy) is 2. The number of hydrogen-bond acceptors (Lipinski definition) is 4. The van der Waals surface area contributed by atoms with Crippen LogP contribution in [0.1, 0.15) is 31.0 Å². The van der Waals surface area contributed by atoms with Crippen LogP contribution in [-0.2, 0) is 12.8 Å². The van der Waals surface area contributed by atoms with E-state index in [1.165, 1.54) is 23.4 Å². The highest BCUT2D eigenvalue weighted by atomic mass is 16.5. The number of rotatable bonds is 5. The van der Waals surface area contributed by atoms with Gasteiger partial charge in [0, 0.05) is 12.2 Å². The zero-order valence-electron chi connectivity index (χ0n) is 13.0. The molecule has 4 heteroatoms. The summed E-state index contributed by atoms with van der Waals surface area (Å²) in [7, 11) is 3.40. The van der Waals surface area contributed by atoms with E-state index in [0.717, 1.165) is 48.2 Å². The number of benzene rings is 1. The zero-order valence-corrected chi connectivity index (χ0v) is 13.0. The van der Waals surface area contributed by atoms with Gasteiger partial charge < -0.3 is 14.8 Å². The largest absolute Gasteiger partial charge is 0.496 e. The molecular formula is C17H22N2O2. The lowest BCUT2D eigenvalue weighted by Gasteiger charge is -2.17. The maximum absolute atomic E-state index is 5.57. The van der Waals surface area contributed by atoms with Crippen molar-refractivity contribution in [1.29, 1.82) is 0 Å². The molecule has 2 aromatic rings. The molecular weight excluding hydrogens is 264 g/mol. The number of methoxy groups -OCH3 is 2. The van der Waals surface area contributed by atoms with Gasteiger partial charge in [-0.3, -0.25) is 0 Å². The lowest BCUT2D eigenvalue weighted by atomic mass is 10.0. The zero-order chi connectivity index (χ0) is 14.8. The number of aromatic nitrogens is 1. The van der Waals surface area contributed by atoms with Gasteiger partial charge in [-0.25, -0.2) is 4.98 Å². The Kier molecular flexibility index (Phi) is 3.86. The molecule has 0 radical (unpaired) electrons. The Labute approximate surface area is 125 Å². The molecule has 1 aromatic heterocycles. The van der Waals surface area contributed by atoms with Crippen molar-refractivity contribution < 1.29 is 9.47 Å². The summed E-state index contributed by atoms with van der Waals surface area (Å²) in [5.41, 5.74) is 4.64. The summed E-state index contributed by atoms with van der Waals surface area (Å²) in [5.74, 6) is 1.66. The van der Waals surface area contributed by atoms with Gasteiger partial charge in [0.25, 0.3) is 0 Å². The SMILES string of the molecule is CCCNc1c2c(nc3c(OC)ccc(OC)c13)CCC2. The Morgan fingerprint density at radius 2 is 1.90 bits per heavy atom. The molecule has 0 atom stereocenters. The number of hydrogen-bond donors (Lipinski definition) is 1. The van der Waals surface area contributed by atoms with Crippen molar-refractivity contribution in [3.05, 3.63) is 23.4 Å². The van der Waals surface area contributed by atoms with E-state index in [2.05, 4.69) is 12.2 Å². The van der Waals surface area contributed by atoms with Gasteiger partial charge in [0.05, 0.1) is 25.3 Å². The van der Waals surface area contributed by atoms with Crippen molar-refractivity contribution in [3.63, 3.8) is 0 Å². The van der Waals surface area contributed by atoms with E-state index in [1.807, 2.05) is 12.1 Å². The summed E-state index contributed by atoms with van der Waals surface area (Å²) in [6.07, 6.45) is 4.39. The van der Waals surface area contributed by atoms with Crippen LogP contribution in [-0.4, -0.2) is 25.7 Å². The van der Waals surface area contributed by atoms with Crippen molar-refractivity contribution >= 4 is 16.6 Å². The van der Waals surface area contributed by atoms with Crippen molar-refractivity contribution in [2.45, 2.75) is 32.6 Å². The summed E-state index contributed by atoms with van der Waals surface area (Å²) < 4.78 is 11.1. The standard InChI is InChI=1S/C17H22N2O2/c1-4-10-18-16-11-6-5-7-12(11)19-17-14(21-3)9-8-13(20-2)15(16)17/h8-9H,4-7,10H2,1-3H3,(H,18,19). The fourth-order valence-electron chi connectivity index (χ4n) is 3.09. The highest BCUT2D eigenvalue weighted by Crippen LogP contribution is 2.42. The first kappa shape index (κ1) is 14.0. The third kappa shape index (κ3) is 2.28. The molecule has 0 bridgehead atoms. The van der Waals surface area contributed by atoms with Gasteiger partial charge in [-0.2, -0.15) is 0 Å². The van der Waals surface area contributed by atoms with Gasteiger partial charge in [-0.15, -0.1) is 0 Å². The van der Waals surface area contributed by atoms with Gasteiger partial charge >= 0.3 is 0 Å². The average Bonchev–Trinajstić information content (AvgIpc) is 2.98. The summed E-state index contributed by atoms with van der Waals surface area (Å²) >= 11 is 0. The van der Waals surface area contributed by atoms with Crippen molar-refractivity contribution in [3.8, 4) is 11.5 Å². The average molecular weight is 286 g/mol. The molecule has 1 aliphatic rings. The van der Waals surface area contributed by atoms with E-state index >= 15 is 0 Å². The lowest BCUT2D eigenvalue weighted by Crippen LogP contribution is -2.06. The van der Waals surface area contributed by atoms with Gasteiger partial charge in [0.15, 0.2) is 0 Å². The predicted molar refractivity (Wildman–Crippen MR) is 85.7 cm³/mol. The minimum Gasteiger partial charge on any atom is -0.496 e. The molecule has 1 aromatic carbocycles. The van der Waals surface area contributed by atoms with E-state index in [1.54, 1.807) is 14.2 Å². The minimum absolute atomic E-state index is 0.806. The fourth-order valence-corrected chi connectivity index (χ4v) is 3.09. The molecule has 112 valence electrons. The topological polar surface area (TPSA) is 43.4 Å². The van der Waals surface area contributed by atoms with Crippen LogP contribution in [0.5, 0.6) is 11.5 Å². The third-order valence-electron chi connectivity index (χ3n) is 4.08. The van der Waals surface area contributed by atoms with Crippen LogP contribution in [0, 0.1) is 0 Å². The number of anilines is 1. The Balaban J connectivity index is 2.32. The van der Waals surface area contributed by atoms with E-state index in [9.17, 15) is 0 Å². The van der Waals surface area contributed by atoms with Crippen LogP contribution < -0.4 is 14.8 Å². The Hall–Kier alpha value is -1.97. The van der Waals surface area contributed by atoms with E-state index in [4.69, 9.17) is 14.5 Å². The molecule has 0 aliphatic heterocycles. The highest BCUT2D eigenvalue weighted by molar-refractivity contribution is 6.01. The first-order valence-corrected chi connectivity index (χ1v) is 7.60. The monoisotopic (exact) mass is 286 g/mol. The van der Waals surface area contributed by atoms with Crippen LogP contribution in [0.2, 0.25) is 0 Å². The predicted octanol–water partition coefficient (Wildman–Crippen LogP) is 3.56. The molecule has 4 nitrogen and oxygen atoms in total. The van der Waals surface area contributed by atoms with Crippen molar-refractivity contribution in [1.82, 2.24) is 4.98 Å². The molecule has 0 unspecified atom stereocenters. The van der Waals surface area contributed by atoms with Gasteiger partial charge in [0.1, 0.15) is 17.0 Å². The van der Waals surface area contributed by atoms with Crippen molar-refractivity contribution in [2.75, 3.05) is 26.1 Å². The fraction of sp³-hybridized carbons (Fsp3) is 0.471. The third-order valence-corrected chi connectivity index (χ3v) is 4.08. The normalized spacial score (nSPS) is 13.3. The van der Waals surface area contributed by atoms with Crippen LogP contribution in [0.4, 0.5) is 5.69 Å². The van der Waals surface area contributed by atoms with Crippen molar-refractivity contribution in [2.24, 2.45) is 0 Å². The maximum Gasteiger partial charge on any atom is 0.145 e. The molecule has 0 fully saturated rings. The minimum atomic E-state index is 0.806.